The molecule has 0 bridgehead atoms. The van der Waals surface area contributed by atoms with Gasteiger partial charge in [-0.25, -0.2) is 8.42 Å². The maximum Gasteiger partial charge on any atom is 0.215 e. The van der Waals surface area contributed by atoms with E-state index in [4.69, 9.17) is 0 Å². The third kappa shape index (κ3) is 2.86. The quantitative estimate of drug-likeness (QED) is 0.855. The van der Waals surface area contributed by atoms with E-state index in [9.17, 15) is 13.7 Å². The molecule has 1 N–H and O–H groups in total. The smallest absolute Gasteiger partial charge is 0.212 e. The largest absolute Gasteiger partial charge is 0.215 e. The summed E-state index contributed by atoms with van der Waals surface area (Å²) in [5, 5.41) is 9.08. The van der Waals surface area contributed by atoms with Crippen LogP contribution in [0.25, 0.3) is 0 Å². The number of nitrogens with zero attached hydrogens (tertiary/aromatic N) is 1. The van der Waals surface area contributed by atoms with Crippen LogP contribution in [-0.2, 0) is 10.0 Å². The van der Waals surface area contributed by atoms with E-state index < -0.39 is 15.6 Å². The Labute approximate surface area is 110 Å². The van der Waals surface area contributed by atoms with Gasteiger partial charge < -0.3 is 0 Å². The maximum atomic E-state index is 12.3. The summed E-state index contributed by atoms with van der Waals surface area (Å²) in [6.07, 6.45) is 6.62. The lowest BCUT2D eigenvalue weighted by molar-refractivity contribution is 0.277. The van der Waals surface area contributed by atoms with Crippen molar-refractivity contribution in [1.82, 2.24) is 4.72 Å². The van der Waals surface area contributed by atoms with Gasteiger partial charge in [-0.15, -0.1) is 0 Å². The van der Waals surface area contributed by atoms with Gasteiger partial charge in [-0.1, -0.05) is 19.8 Å². The van der Waals surface area contributed by atoms with Crippen molar-refractivity contribution in [2.75, 3.05) is 0 Å². The molecule has 4 nitrogen and oxygen atoms in total. The highest BCUT2D eigenvalue weighted by Gasteiger charge is 2.40. The van der Waals surface area contributed by atoms with Crippen molar-refractivity contribution in [3.05, 3.63) is 0 Å². The molecule has 0 aliphatic heterocycles. The summed E-state index contributed by atoms with van der Waals surface area (Å²) in [5.41, 5.74) is -0.839. The fourth-order valence-corrected chi connectivity index (χ4v) is 4.96. The summed E-state index contributed by atoms with van der Waals surface area (Å²) >= 11 is 0. The van der Waals surface area contributed by atoms with Crippen LogP contribution >= 0.6 is 0 Å². The van der Waals surface area contributed by atoms with Gasteiger partial charge in [0.25, 0.3) is 0 Å². The SMILES string of the molecule is CC1CCC(C#N)(NS(=O)(=O)C2CCCC2)CC1. The van der Waals surface area contributed by atoms with Gasteiger partial charge in [0, 0.05) is 0 Å². The van der Waals surface area contributed by atoms with Gasteiger partial charge in [-0.3, -0.25) is 0 Å². The molecule has 5 heteroatoms. The molecular formula is C13H22N2O2S. The van der Waals surface area contributed by atoms with E-state index in [1.165, 1.54) is 0 Å². The molecule has 0 spiro atoms. The fourth-order valence-electron chi connectivity index (χ4n) is 3.05. The molecule has 2 saturated carbocycles. The zero-order chi connectivity index (χ0) is 13.2. The molecule has 2 fully saturated rings. The standard InChI is InChI=1S/C13H22N2O2S/c1-11-6-8-13(10-14,9-7-11)15-18(16,17)12-4-2-3-5-12/h11-12,15H,2-9H2,1H3. The van der Waals surface area contributed by atoms with Gasteiger partial charge in [0.15, 0.2) is 0 Å². The van der Waals surface area contributed by atoms with Crippen LogP contribution in [0.5, 0.6) is 0 Å². The number of rotatable bonds is 3. The van der Waals surface area contributed by atoms with Crippen molar-refractivity contribution in [2.24, 2.45) is 5.92 Å². The van der Waals surface area contributed by atoms with E-state index >= 15 is 0 Å². The third-order valence-corrected chi connectivity index (χ3v) is 6.44. The maximum absolute atomic E-state index is 12.3. The highest BCUT2D eigenvalue weighted by atomic mass is 32.2. The van der Waals surface area contributed by atoms with E-state index in [0.29, 0.717) is 18.8 Å². The minimum atomic E-state index is -3.32. The Morgan fingerprint density at radius 3 is 2.22 bits per heavy atom. The van der Waals surface area contributed by atoms with Gasteiger partial charge in [0.05, 0.1) is 11.3 Å². The molecule has 2 aliphatic carbocycles. The Bertz CT molecular complexity index is 424. The van der Waals surface area contributed by atoms with E-state index in [-0.39, 0.29) is 5.25 Å². The zero-order valence-corrected chi connectivity index (χ0v) is 11.8. The predicted molar refractivity (Wildman–Crippen MR) is 70.3 cm³/mol. The van der Waals surface area contributed by atoms with Crippen molar-refractivity contribution >= 4 is 10.0 Å². The summed E-state index contributed by atoms with van der Waals surface area (Å²) in [5.74, 6) is 0.599. The highest BCUT2D eigenvalue weighted by Crippen LogP contribution is 2.33. The molecule has 18 heavy (non-hydrogen) atoms. The second-order valence-corrected chi connectivity index (χ2v) is 7.89. The summed E-state index contributed by atoms with van der Waals surface area (Å²) in [6, 6.07) is 2.23. The summed E-state index contributed by atoms with van der Waals surface area (Å²) in [4.78, 5) is 0. The van der Waals surface area contributed by atoms with Gasteiger partial charge in [-0.05, 0) is 44.4 Å². The van der Waals surface area contributed by atoms with E-state index in [2.05, 4.69) is 17.7 Å². The van der Waals surface area contributed by atoms with Gasteiger partial charge in [-0.2, -0.15) is 9.98 Å². The second kappa shape index (κ2) is 5.18. The van der Waals surface area contributed by atoms with Gasteiger partial charge in [0.2, 0.25) is 10.0 Å². The van der Waals surface area contributed by atoms with Crippen LogP contribution in [0.3, 0.4) is 0 Å². The first-order valence-electron chi connectivity index (χ1n) is 6.91. The second-order valence-electron chi connectivity index (χ2n) is 5.93. The first kappa shape index (κ1) is 13.8. The molecule has 0 saturated heterocycles. The van der Waals surface area contributed by atoms with Crippen molar-refractivity contribution in [1.29, 1.82) is 5.26 Å². The van der Waals surface area contributed by atoms with Crippen molar-refractivity contribution in [2.45, 2.75) is 69.1 Å². The van der Waals surface area contributed by atoms with Crippen LogP contribution in [0.2, 0.25) is 0 Å². The molecular weight excluding hydrogens is 248 g/mol. The lowest BCUT2D eigenvalue weighted by Gasteiger charge is -2.34. The first-order valence-corrected chi connectivity index (χ1v) is 8.46. The Hall–Kier alpha value is -0.600. The minimum absolute atomic E-state index is 0.276. The molecule has 2 rings (SSSR count). The Kier molecular flexibility index (Phi) is 3.98. The van der Waals surface area contributed by atoms with Crippen molar-refractivity contribution in [3.8, 4) is 6.07 Å². The average Bonchev–Trinajstić information content (AvgIpc) is 2.87. The molecule has 0 aromatic carbocycles. The molecule has 0 aromatic rings. The lowest BCUT2D eigenvalue weighted by Crippen LogP contribution is -2.51. The first-order chi connectivity index (χ1) is 8.47. The van der Waals surface area contributed by atoms with Crippen molar-refractivity contribution < 1.29 is 8.42 Å². The number of nitriles is 1. The van der Waals surface area contributed by atoms with Crippen LogP contribution < -0.4 is 4.72 Å². The zero-order valence-electron chi connectivity index (χ0n) is 11.0. The normalized spacial score (nSPS) is 34.3. The van der Waals surface area contributed by atoms with E-state index in [0.717, 1.165) is 38.5 Å². The molecule has 0 unspecified atom stereocenters. The van der Waals surface area contributed by atoms with Crippen LogP contribution in [0, 0.1) is 17.2 Å². The summed E-state index contributed by atoms with van der Waals surface area (Å²) in [6.45, 7) is 2.16. The summed E-state index contributed by atoms with van der Waals surface area (Å²) < 4.78 is 27.3. The van der Waals surface area contributed by atoms with Gasteiger partial charge >= 0.3 is 0 Å². The Balaban J connectivity index is 2.08. The Morgan fingerprint density at radius 1 is 1.17 bits per heavy atom. The number of nitrogens with one attached hydrogen (secondary N) is 1. The van der Waals surface area contributed by atoms with Crippen LogP contribution in [-0.4, -0.2) is 19.2 Å². The third-order valence-electron chi connectivity index (χ3n) is 4.42. The molecule has 102 valence electrons. The van der Waals surface area contributed by atoms with Gasteiger partial charge in [0.1, 0.15) is 5.54 Å². The van der Waals surface area contributed by atoms with Crippen molar-refractivity contribution in [3.63, 3.8) is 0 Å². The molecule has 0 amide bonds. The van der Waals surface area contributed by atoms with Crippen LogP contribution in [0.15, 0.2) is 0 Å². The van der Waals surface area contributed by atoms with E-state index in [1.54, 1.807) is 0 Å². The molecule has 0 atom stereocenters. The fraction of sp³-hybridized carbons (Fsp3) is 0.923. The molecule has 0 aromatic heterocycles. The predicted octanol–water partition coefficient (Wildman–Crippen LogP) is 2.32. The Morgan fingerprint density at radius 2 is 1.72 bits per heavy atom. The lowest BCUT2D eigenvalue weighted by atomic mass is 9.79. The monoisotopic (exact) mass is 270 g/mol. The minimum Gasteiger partial charge on any atom is -0.212 e. The molecule has 2 aliphatic rings. The van der Waals surface area contributed by atoms with E-state index in [1.807, 2.05) is 0 Å². The number of sulfonamides is 1. The summed E-state index contributed by atoms with van der Waals surface area (Å²) in [7, 11) is -3.32. The topological polar surface area (TPSA) is 70.0 Å². The average molecular weight is 270 g/mol. The number of hydrogen-bond acceptors (Lipinski definition) is 3. The highest BCUT2D eigenvalue weighted by molar-refractivity contribution is 7.90. The van der Waals surface area contributed by atoms with Crippen LogP contribution in [0.4, 0.5) is 0 Å². The molecule has 0 radical (unpaired) electrons. The number of hydrogen-bond donors (Lipinski definition) is 1. The molecule has 0 heterocycles. The van der Waals surface area contributed by atoms with Crippen LogP contribution in [0.1, 0.15) is 58.3 Å².